The lowest BCUT2D eigenvalue weighted by Crippen LogP contribution is -2.43. The van der Waals surface area contributed by atoms with Gasteiger partial charge in [0.2, 0.25) is 0 Å². The minimum atomic E-state index is -3.71. The van der Waals surface area contributed by atoms with Gasteiger partial charge in [0.1, 0.15) is 5.75 Å². The van der Waals surface area contributed by atoms with Gasteiger partial charge in [-0.25, -0.2) is 4.79 Å². The number of carbonyl (C=O) groups excluding carboxylic acids is 1. The summed E-state index contributed by atoms with van der Waals surface area (Å²) < 4.78 is 34.1. The summed E-state index contributed by atoms with van der Waals surface area (Å²) in [5.74, 6) is -0.198. The van der Waals surface area contributed by atoms with Crippen molar-refractivity contribution in [3.63, 3.8) is 0 Å². The van der Waals surface area contributed by atoms with Crippen LogP contribution in [0.4, 0.5) is 4.79 Å². The quantitative estimate of drug-likeness (QED) is 0.734. The van der Waals surface area contributed by atoms with Crippen molar-refractivity contribution in [2.24, 2.45) is 5.92 Å². The summed E-state index contributed by atoms with van der Waals surface area (Å²) >= 11 is 0. The van der Waals surface area contributed by atoms with Gasteiger partial charge in [-0.1, -0.05) is 44.2 Å². The molecular weight excluding hydrogens is 318 g/mol. The summed E-state index contributed by atoms with van der Waals surface area (Å²) in [5.41, 5.74) is 0.653. The summed E-state index contributed by atoms with van der Waals surface area (Å²) in [6.45, 7) is 7.09. The second-order valence-corrected chi connectivity index (χ2v) is 7.56. The number of rotatable bonds is 8. The normalized spacial score (nSPS) is 13.1. The van der Waals surface area contributed by atoms with Crippen molar-refractivity contribution in [1.82, 2.24) is 5.32 Å². The van der Waals surface area contributed by atoms with Gasteiger partial charge in [0.25, 0.3) is 10.1 Å². The molecule has 0 aliphatic heterocycles. The van der Waals surface area contributed by atoms with Crippen LogP contribution in [-0.4, -0.2) is 33.3 Å². The zero-order valence-corrected chi connectivity index (χ0v) is 14.8. The van der Waals surface area contributed by atoms with Crippen LogP contribution in [0.3, 0.4) is 0 Å². The number of alkyl carbamates (subject to hydrolysis) is 1. The first-order valence-electron chi connectivity index (χ1n) is 7.58. The maximum atomic E-state index is 12.0. The molecule has 0 aliphatic carbocycles. The molecule has 0 heterocycles. The van der Waals surface area contributed by atoms with Crippen LogP contribution in [0.25, 0.3) is 0 Å². The number of ether oxygens (including phenoxy) is 1. The van der Waals surface area contributed by atoms with Gasteiger partial charge in [0.05, 0.1) is 18.8 Å². The molecule has 130 valence electrons. The van der Waals surface area contributed by atoms with Crippen molar-refractivity contribution in [2.45, 2.75) is 45.6 Å². The fourth-order valence-electron chi connectivity index (χ4n) is 1.80. The Morgan fingerprint density at radius 1 is 1.13 bits per heavy atom. The highest BCUT2D eigenvalue weighted by Gasteiger charge is 2.22. The van der Waals surface area contributed by atoms with Gasteiger partial charge in [-0.05, 0) is 25.3 Å². The van der Waals surface area contributed by atoms with Crippen molar-refractivity contribution in [2.75, 3.05) is 6.61 Å². The van der Waals surface area contributed by atoms with Crippen LogP contribution in [0.1, 0.15) is 33.3 Å². The second kappa shape index (κ2) is 8.88. The van der Waals surface area contributed by atoms with E-state index in [1.165, 1.54) is 0 Å². The molecule has 1 N–H and O–H groups in total. The van der Waals surface area contributed by atoms with E-state index in [1.807, 2.05) is 19.9 Å². The van der Waals surface area contributed by atoms with E-state index in [2.05, 4.69) is 5.32 Å². The van der Waals surface area contributed by atoms with Crippen LogP contribution in [0.2, 0.25) is 0 Å². The molecule has 7 heteroatoms. The van der Waals surface area contributed by atoms with E-state index in [9.17, 15) is 13.2 Å². The second-order valence-electron chi connectivity index (χ2n) is 5.92. The number of nitrogens with one attached hydrogen (secondary N) is 1. The molecular formula is C16H25NO5S. The van der Waals surface area contributed by atoms with E-state index in [0.717, 1.165) is 0 Å². The van der Waals surface area contributed by atoms with E-state index < -0.39 is 22.3 Å². The molecule has 0 fully saturated rings. The Morgan fingerprint density at radius 3 is 2.26 bits per heavy atom. The highest BCUT2D eigenvalue weighted by molar-refractivity contribution is 7.85. The van der Waals surface area contributed by atoms with Crippen LogP contribution in [-0.2, 0) is 24.8 Å². The van der Waals surface area contributed by atoms with Crippen molar-refractivity contribution < 1.29 is 22.1 Å². The van der Waals surface area contributed by atoms with Crippen LogP contribution >= 0.6 is 0 Å². The molecule has 1 aromatic rings. The van der Waals surface area contributed by atoms with E-state index in [-0.39, 0.29) is 24.4 Å². The van der Waals surface area contributed by atoms with Gasteiger partial charge in [0.15, 0.2) is 0 Å². The third kappa shape index (κ3) is 7.99. The maximum Gasteiger partial charge on any atom is 0.407 e. The molecule has 0 saturated heterocycles. The number of hydrogen-bond acceptors (Lipinski definition) is 5. The lowest BCUT2D eigenvalue weighted by Gasteiger charge is -2.22. The van der Waals surface area contributed by atoms with Gasteiger partial charge in [0, 0.05) is 0 Å². The van der Waals surface area contributed by atoms with E-state index in [0.29, 0.717) is 5.56 Å². The molecule has 0 unspecified atom stereocenters. The molecule has 1 amide bonds. The fraction of sp³-hybridized carbons (Fsp3) is 0.562. The largest absolute Gasteiger partial charge is 0.447 e. The maximum absolute atomic E-state index is 12.0. The summed E-state index contributed by atoms with van der Waals surface area (Å²) in [4.78, 5) is 11.6. The Kier molecular flexibility index (Phi) is 7.51. The molecule has 1 aromatic carbocycles. The molecule has 0 bridgehead atoms. The average Bonchev–Trinajstić information content (AvgIpc) is 2.43. The third-order valence-electron chi connectivity index (χ3n) is 3.06. The van der Waals surface area contributed by atoms with Crippen LogP contribution < -0.4 is 5.32 Å². The minimum absolute atomic E-state index is 0.00152. The molecule has 0 spiro atoms. The molecule has 6 nitrogen and oxygen atoms in total. The number of amides is 1. The molecule has 0 aromatic heterocycles. The van der Waals surface area contributed by atoms with Crippen molar-refractivity contribution in [3.05, 3.63) is 35.9 Å². The summed E-state index contributed by atoms with van der Waals surface area (Å²) in [6, 6.07) is 8.34. The van der Waals surface area contributed by atoms with E-state index in [4.69, 9.17) is 8.92 Å². The first-order chi connectivity index (χ1) is 10.7. The molecule has 0 radical (unpaired) electrons. The highest BCUT2D eigenvalue weighted by Crippen LogP contribution is 2.10. The van der Waals surface area contributed by atoms with Crippen LogP contribution in [0.5, 0.6) is 0 Å². The van der Waals surface area contributed by atoms with E-state index in [1.54, 1.807) is 38.1 Å². The zero-order valence-electron chi connectivity index (χ0n) is 14.0. The number of hydrogen-bond donors (Lipinski definition) is 1. The Balaban J connectivity index is 2.58. The fourth-order valence-corrected chi connectivity index (χ4v) is 2.84. The molecule has 0 aliphatic rings. The van der Waals surface area contributed by atoms with Gasteiger partial charge < -0.3 is 10.1 Å². The Hall–Kier alpha value is -1.60. The van der Waals surface area contributed by atoms with Gasteiger partial charge >= 0.3 is 6.09 Å². The first-order valence-corrected chi connectivity index (χ1v) is 9.15. The monoisotopic (exact) mass is 343 g/mol. The standard InChI is InChI=1S/C16H25NO5S/c1-12(2)15(17-16(18)22-13(3)4)10-21-23(19,20)11-14-8-6-5-7-9-14/h5-9,12-13,15H,10-11H2,1-4H3,(H,17,18)/t15-/m1/s1. The average molecular weight is 343 g/mol. The Bertz CT molecular complexity index is 584. The summed E-state index contributed by atoms with van der Waals surface area (Å²) in [5, 5.41) is 2.63. The predicted octanol–water partition coefficient (Wildman–Crippen LogP) is 2.69. The van der Waals surface area contributed by atoms with E-state index >= 15 is 0 Å². The highest BCUT2D eigenvalue weighted by atomic mass is 32.2. The van der Waals surface area contributed by atoms with Crippen molar-refractivity contribution in [3.8, 4) is 0 Å². The van der Waals surface area contributed by atoms with Crippen LogP contribution in [0, 0.1) is 5.92 Å². The van der Waals surface area contributed by atoms with Crippen LogP contribution in [0.15, 0.2) is 30.3 Å². The molecule has 1 rings (SSSR count). The smallest absolute Gasteiger partial charge is 0.407 e. The van der Waals surface area contributed by atoms with Gasteiger partial charge in [-0.3, -0.25) is 4.18 Å². The number of benzene rings is 1. The Morgan fingerprint density at radius 2 is 1.74 bits per heavy atom. The first kappa shape index (κ1) is 19.4. The third-order valence-corrected chi connectivity index (χ3v) is 4.25. The molecule has 0 saturated carbocycles. The summed E-state index contributed by atoms with van der Waals surface area (Å²) in [7, 11) is -3.71. The predicted molar refractivity (Wildman–Crippen MR) is 88.4 cm³/mol. The zero-order chi connectivity index (χ0) is 17.5. The summed E-state index contributed by atoms with van der Waals surface area (Å²) in [6.07, 6.45) is -0.826. The Labute approximate surface area is 138 Å². The SMILES string of the molecule is CC(C)OC(=O)N[C@H](COS(=O)(=O)Cc1ccccc1)C(C)C. The van der Waals surface area contributed by atoms with Gasteiger partial charge in [-0.2, -0.15) is 8.42 Å². The lowest BCUT2D eigenvalue weighted by atomic mass is 10.1. The lowest BCUT2D eigenvalue weighted by molar-refractivity contribution is 0.105. The molecule has 23 heavy (non-hydrogen) atoms. The van der Waals surface area contributed by atoms with Gasteiger partial charge in [-0.15, -0.1) is 0 Å². The topological polar surface area (TPSA) is 81.7 Å². The molecule has 1 atom stereocenters. The van der Waals surface area contributed by atoms with Crippen molar-refractivity contribution in [1.29, 1.82) is 0 Å². The minimum Gasteiger partial charge on any atom is -0.447 e. The number of carbonyl (C=O) groups is 1. The van der Waals surface area contributed by atoms with Crippen molar-refractivity contribution >= 4 is 16.2 Å².